The molecule has 0 radical (unpaired) electrons. The second kappa shape index (κ2) is 14.3. The van der Waals surface area contributed by atoms with Crippen LogP contribution in [-0.4, -0.2) is 41.3 Å². The molecule has 2 rings (SSSR count). The highest BCUT2D eigenvalue weighted by Crippen LogP contribution is 2.28. The zero-order chi connectivity index (χ0) is 21.5. The summed E-state index contributed by atoms with van der Waals surface area (Å²) in [6, 6.07) is 5.79. The minimum atomic E-state index is -2.05. The Kier molecular flexibility index (Phi) is 11.7. The van der Waals surface area contributed by atoms with E-state index in [1.807, 2.05) is 18.2 Å². The standard InChI is InChI=1S/C22H30FN3O2S2/c23-22(13-7-2-1-3-8-14-22)21(28)26-16-9-4-5-11-19(27)24-17-18-29-30-20-12-6-10-15-25-20/h6,10,12,15H,1-5,7,9,11,13,16-18H2,(H,24,27)(H,26,28). The molecule has 0 fully saturated rings. The predicted molar refractivity (Wildman–Crippen MR) is 122 cm³/mol. The van der Waals surface area contributed by atoms with E-state index in [0.717, 1.165) is 42.9 Å². The number of hydrogen-bond donors (Lipinski definition) is 2. The van der Waals surface area contributed by atoms with Gasteiger partial charge in [0, 0.05) is 44.3 Å². The minimum absolute atomic E-state index is 0.0370. The molecule has 1 unspecified atom stereocenters. The summed E-state index contributed by atoms with van der Waals surface area (Å²) in [4.78, 5) is 28.2. The van der Waals surface area contributed by atoms with Gasteiger partial charge >= 0.3 is 0 Å². The van der Waals surface area contributed by atoms with Crippen LogP contribution >= 0.6 is 21.6 Å². The molecule has 0 saturated carbocycles. The topological polar surface area (TPSA) is 71.1 Å². The van der Waals surface area contributed by atoms with E-state index < -0.39 is 11.6 Å². The number of carbonyl (C=O) groups excluding carboxylic acids is 2. The molecule has 1 aromatic heterocycles. The number of aromatic nitrogens is 1. The van der Waals surface area contributed by atoms with Gasteiger partial charge in [0.25, 0.3) is 5.91 Å². The number of carbonyl (C=O) groups is 2. The van der Waals surface area contributed by atoms with Crippen molar-refractivity contribution >= 4 is 33.4 Å². The van der Waals surface area contributed by atoms with Gasteiger partial charge in [-0.15, -0.1) is 0 Å². The van der Waals surface area contributed by atoms with Crippen molar-refractivity contribution < 1.29 is 14.0 Å². The summed E-state index contributed by atoms with van der Waals surface area (Å²) in [5.41, 5.74) is -2.05. The van der Waals surface area contributed by atoms with Crippen molar-refractivity contribution in [2.75, 3.05) is 18.8 Å². The van der Waals surface area contributed by atoms with Gasteiger partial charge in [-0.25, -0.2) is 9.37 Å². The van der Waals surface area contributed by atoms with Gasteiger partial charge in [0.05, 0.1) is 0 Å². The van der Waals surface area contributed by atoms with Gasteiger partial charge in [-0.1, -0.05) is 41.5 Å². The van der Waals surface area contributed by atoms with Crippen molar-refractivity contribution in [3.8, 4) is 11.8 Å². The molecular formula is C22H30FN3O2S2. The highest BCUT2D eigenvalue weighted by Gasteiger charge is 2.36. The number of unbranched alkanes of at least 4 members (excludes halogenated alkanes) is 2. The molecule has 1 aromatic rings. The molecule has 0 spiro atoms. The normalized spacial score (nSPS) is 18.4. The zero-order valence-electron chi connectivity index (χ0n) is 17.3. The van der Waals surface area contributed by atoms with E-state index >= 15 is 0 Å². The summed E-state index contributed by atoms with van der Waals surface area (Å²) in [5.74, 6) is 5.53. The van der Waals surface area contributed by atoms with E-state index in [1.165, 1.54) is 0 Å². The van der Waals surface area contributed by atoms with Crippen LogP contribution in [0.15, 0.2) is 29.4 Å². The Balaban J connectivity index is 1.47. The van der Waals surface area contributed by atoms with Crippen LogP contribution in [0.2, 0.25) is 0 Å². The average molecular weight is 452 g/mol. The minimum Gasteiger partial charge on any atom is -0.355 e. The number of alkyl halides is 1. The van der Waals surface area contributed by atoms with E-state index in [9.17, 15) is 14.0 Å². The van der Waals surface area contributed by atoms with Crippen LogP contribution in [0.5, 0.6) is 0 Å². The molecule has 0 aromatic carbocycles. The van der Waals surface area contributed by atoms with E-state index in [0.29, 0.717) is 32.4 Å². The summed E-state index contributed by atoms with van der Waals surface area (Å²) in [6.07, 6.45) is 7.91. The lowest BCUT2D eigenvalue weighted by atomic mass is 9.94. The highest BCUT2D eigenvalue weighted by molar-refractivity contribution is 8.76. The van der Waals surface area contributed by atoms with Gasteiger partial charge in [0.15, 0.2) is 0 Å². The average Bonchev–Trinajstić information content (AvgIpc) is 2.73. The SMILES string of the molecule is O=C(CCCCCNC(=O)C1(F)C#CCCCCC1)NCCSSc1ccccn1. The summed E-state index contributed by atoms with van der Waals surface area (Å²) < 4.78 is 14.7. The monoisotopic (exact) mass is 451 g/mol. The Morgan fingerprint density at radius 3 is 2.87 bits per heavy atom. The van der Waals surface area contributed by atoms with Gasteiger partial charge in [0.1, 0.15) is 5.03 Å². The third kappa shape index (κ3) is 9.86. The quantitative estimate of drug-likeness (QED) is 0.282. The second-order valence-corrected chi connectivity index (χ2v) is 9.59. The van der Waals surface area contributed by atoms with Crippen LogP contribution in [0.1, 0.15) is 57.8 Å². The van der Waals surface area contributed by atoms with Crippen LogP contribution in [0.3, 0.4) is 0 Å². The van der Waals surface area contributed by atoms with Crippen LogP contribution in [0.4, 0.5) is 4.39 Å². The van der Waals surface area contributed by atoms with Gasteiger partial charge in [-0.05, 0) is 48.6 Å². The predicted octanol–water partition coefficient (Wildman–Crippen LogP) is 4.29. The summed E-state index contributed by atoms with van der Waals surface area (Å²) in [7, 11) is 3.26. The molecule has 2 N–H and O–H groups in total. The smallest absolute Gasteiger partial charge is 0.270 e. The molecule has 1 aliphatic rings. The first-order valence-corrected chi connectivity index (χ1v) is 12.9. The Bertz CT molecular complexity index is 724. The number of hydrogen-bond acceptors (Lipinski definition) is 5. The first-order chi connectivity index (χ1) is 14.6. The maximum absolute atomic E-state index is 14.7. The van der Waals surface area contributed by atoms with Crippen LogP contribution < -0.4 is 10.6 Å². The summed E-state index contributed by atoms with van der Waals surface area (Å²) in [5, 5.41) is 6.53. The van der Waals surface area contributed by atoms with Gasteiger partial charge in [-0.3, -0.25) is 9.59 Å². The lowest BCUT2D eigenvalue weighted by Crippen LogP contribution is -2.43. The van der Waals surface area contributed by atoms with Gasteiger partial charge in [0.2, 0.25) is 11.6 Å². The Hall–Kier alpha value is -1.72. The number of nitrogens with one attached hydrogen (secondary N) is 2. The van der Waals surface area contributed by atoms with Crippen LogP contribution in [0, 0.1) is 11.8 Å². The maximum atomic E-state index is 14.7. The van der Waals surface area contributed by atoms with Gasteiger partial charge in [-0.2, -0.15) is 0 Å². The number of rotatable bonds is 12. The molecular weight excluding hydrogens is 421 g/mol. The zero-order valence-corrected chi connectivity index (χ0v) is 18.9. The first kappa shape index (κ1) is 24.5. The Morgan fingerprint density at radius 1 is 1.13 bits per heavy atom. The molecule has 0 bridgehead atoms. The molecule has 1 aliphatic carbocycles. The van der Waals surface area contributed by atoms with Crippen molar-refractivity contribution in [2.24, 2.45) is 0 Å². The number of halogens is 1. The molecule has 1 heterocycles. The molecule has 0 saturated heterocycles. The van der Waals surface area contributed by atoms with Crippen molar-refractivity contribution in [2.45, 2.75) is 68.5 Å². The number of pyridine rings is 1. The molecule has 164 valence electrons. The largest absolute Gasteiger partial charge is 0.355 e. The van der Waals surface area contributed by atoms with E-state index in [-0.39, 0.29) is 12.3 Å². The number of amides is 2. The summed E-state index contributed by atoms with van der Waals surface area (Å²) >= 11 is 0. The van der Waals surface area contributed by atoms with E-state index in [1.54, 1.807) is 27.8 Å². The molecule has 0 aliphatic heterocycles. The van der Waals surface area contributed by atoms with Crippen LogP contribution in [-0.2, 0) is 9.59 Å². The van der Waals surface area contributed by atoms with Crippen LogP contribution in [0.25, 0.3) is 0 Å². The fraction of sp³-hybridized carbons (Fsp3) is 0.591. The molecule has 30 heavy (non-hydrogen) atoms. The highest BCUT2D eigenvalue weighted by atomic mass is 33.1. The molecule has 5 nitrogen and oxygen atoms in total. The third-order valence-electron chi connectivity index (χ3n) is 4.63. The van der Waals surface area contributed by atoms with Crippen molar-refractivity contribution in [3.63, 3.8) is 0 Å². The first-order valence-electron chi connectivity index (χ1n) is 10.5. The third-order valence-corrected chi connectivity index (χ3v) is 6.89. The molecule has 1 atom stereocenters. The fourth-order valence-electron chi connectivity index (χ4n) is 2.94. The van der Waals surface area contributed by atoms with Crippen molar-refractivity contribution in [1.82, 2.24) is 15.6 Å². The summed E-state index contributed by atoms with van der Waals surface area (Å²) in [6.45, 7) is 1.04. The lowest BCUT2D eigenvalue weighted by molar-refractivity contribution is -0.130. The van der Waals surface area contributed by atoms with Gasteiger partial charge < -0.3 is 10.6 Å². The van der Waals surface area contributed by atoms with Crippen molar-refractivity contribution in [3.05, 3.63) is 24.4 Å². The van der Waals surface area contributed by atoms with E-state index in [4.69, 9.17) is 0 Å². The lowest BCUT2D eigenvalue weighted by Gasteiger charge is -2.20. The fourth-order valence-corrected chi connectivity index (χ4v) is 4.73. The van der Waals surface area contributed by atoms with E-state index in [2.05, 4.69) is 27.5 Å². The maximum Gasteiger partial charge on any atom is 0.270 e. The Labute approximate surface area is 186 Å². The molecule has 8 heteroatoms. The van der Waals surface area contributed by atoms with Crippen molar-refractivity contribution in [1.29, 1.82) is 0 Å². The molecule has 2 amide bonds. The Morgan fingerprint density at radius 2 is 2.03 bits per heavy atom. The second-order valence-electron chi connectivity index (χ2n) is 7.15. The number of nitrogens with zero attached hydrogens (tertiary/aromatic N) is 1.